The van der Waals surface area contributed by atoms with Crippen molar-refractivity contribution in [1.82, 2.24) is 15.3 Å². The molecule has 0 aliphatic rings. The van der Waals surface area contributed by atoms with Crippen molar-refractivity contribution in [3.8, 4) is 11.9 Å². The van der Waals surface area contributed by atoms with Gasteiger partial charge in [-0.1, -0.05) is 0 Å². The van der Waals surface area contributed by atoms with Gasteiger partial charge in [-0.25, -0.2) is 8.42 Å². The molecule has 0 aliphatic heterocycles. The van der Waals surface area contributed by atoms with Gasteiger partial charge in [0.1, 0.15) is 5.76 Å². The number of carbonyl (C=O) groups excluding carboxylic acids is 1. The van der Waals surface area contributed by atoms with Crippen molar-refractivity contribution >= 4 is 50.8 Å². The highest BCUT2D eigenvalue weighted by Gasteiger charge is 2.17. The molecule has 2 heterocycles. The minimum Gasteiger partial charge on any atom is -0.481 e. The molecule has 2 aromatic heterocycles. The Morgan fingerprint density at radius 3 is 2.52 bits per heavy atom. The van der Waals surface area contributed by atoms with Crippen LogP contribution in [-0.2, 0) is 14.8 Å². The van der Waals surface area contributed by atoms with Gasteiger partial charge < -0.3 is 19.2 Å². The number of anilines is 2. The number of nitrogens with one attached hydrogen (secondary N) is 3. The summed E-state index contributed by atoms with van der Waals surface area (Å²) in [6, 6.07) is 10.4. The molecule has 0 aliphatic carbocycles. The van der Waals surface area contributed by atoms with Crippen LogP contribution >= 0.6 is 12.2 Å². The molecule has 3 N–H and O–H groups in total. The van der Waals surface area contributed by atoms with Gasteiger partial charge in [0.25, 0.3) is 10.0 Å². The second-order valence-corrected chi connectivity index (χ2v) is 8.29. The Morgan fingerprint density at radius 2 is 1.88 bits per heavy atom. The highest BCUT2D eigenvalue weighted by Crippen LogP contribution is 2.21. The Hall–Kier alpha value is -3.97. The lowest BCUT2D eigenvalue weighted by molar-refractivity contribution is -0.115. The summed E-state index contributed by atoms with van der Waals surface area (Å²) < 4.78 is 42.7. The summed E-state index contributed by atoms with van der Waals surface area (Å²) in [6.07, 6.45) is 4.25. The number of hydrogen-bond acceptors (Lipinski definition) is 9. The van der Waals surface area contributed by atoms with Crippen molar-refractivity contribution < 1.29 is 27.1 Å². The number of furan rings is 1. The number of rotatable bonds is 8. The van der Waals surface area contributed by atoms with Gasteiger partial charge >= 0.3 is 6.01 Å². The number of hydrogen-bond donors (Lipinski definition) is 3. The summed E-state index contributed by atoms with van der Waals surface area (Å²) in [5.74, 6) is 0.178. The van der Waals surface area contributed by atoms with Gasteiger partial charge in [0, 0.05) is 17.8 Å². The molecule has 0 saturated heterocycles. The van der Waals surface area contributed by atoms with Gasteiger partial charge in [0.2, 0.25) is 11.8 Å². The number of nitrogens with zero attached hydrogens (tertiary/aromatic N) is 2. The van der Waals surface area contributed by atoms with Crippen molar-refractivity contribution in [2.75, 3.05) is 24.3 Å². The lowest BCUT2D eigenvalue weighted by atomic mass is 10.3. The van der Waals surface area contributed by atoms with E-state index in [1.807, 2.05) is 0 Å². The van der Waals surface area contributed by atoms with Crippen LogP contribution in [0.2, 0.25) is 0 Å². The van der Waals surface area contributed by atoms with Gasteiger partial charge in [-0.05, 0) is 54.7 Å². The number of aromatic nitrogens is 2. The predicted molar refractivity (Wildman–Crippen MR) is 124 cm³/mol. The number of carbonyl (C=O) groups is 1. The van der Waals surface area contributed by atoms with Crippen LogP contribution in [0, 0.1) is 0 Å². The van der Waals surface area contributed by atoms with E-state index in [2.05, 4.69) is 25.3 Å². The maximum absolute atomic E-state index is 12.7. The van der Waals surface area contributed by atoms with E-state index in [0.717, 1.165) is 0 Å². The lowest BCUT2D eigenvalue weighted by Gasteiger charge is -2.11. The third-order valence-electron chi connectivity index (χ3n) is 3.91. The molecule has 3 aromatic rings. The molecule has 3 rings (SSSR count). The van der Waals surface area contributed by atoms with Crippen LogP contribution in [0.3, 0.4) is 0 Å². The van der Waals surface area contributed by atoms with E-state index in [9.17, 15) is 13.2 Å². The number of thiocarbonyl (C=S) groups is 1. The van der Waals surface area contributed by atoms with Gasteiger partial charge in [-0.3, -0.25) is 14.8 Å². The topological polar surface area (TPSA) is 145 Å². The lowest BCUT2D eigenvalue weighted by Crippen LogP contribution is -2.32. The SMILES string of the molecule is COc1cc(NS(=O)(=O)c2ccc(NC(=S)NC(=O)/C=C/c3ccco3)cc2)nc(OC)n1. The normalized spacial score (nSPS) is 11.1. The first-order valence-corrected chi connectivity index (χ1v) is 11.1. The summed E-state index contributed by atoms with van der Waals surface area (Å²) in [4.78, 5) is 19.7. The standard InChI is InChI=1S/C20H19N5O6S2/c1-29-18-12-16(22-19(24-18)30-2)25-33(27,28)15-8-5-13(6-9-15)21-20(32)23-17(26)10-7-14-4-3-11-31-14/h3-12H,1-2H3,(H,22,24,25)(H2,21,23,26,32)/b10-7+. The number of benzene rings is 1. The van der Waals surface area contributed by atoms with E-state index in [4.69, 9.17) is 26.1 Å². The van der Waals surface area contributed by atoms with Gasteiger partial charge in [0.15, 0.2) is 10.9 Å². The Bertz CT molecular complexity index is 1240. The molecule has 13 heteroatoms. The van der Waals surface area contributed by atoms with Crippen LogP contribution in [0.25, 0.3) is 6.08 Å². The van der Waals surface area contributed by atoms with Crippen molar-refractivity contribution in [1.29, 1.82) is 0 Å². The minimum atomic E-state index is -3.96. The van der Waals surface area contributed by atoms with Crippen LogP contribution in [0.4, 0.5) is 11.5 Å². The second kappa shape index (κ2) is 10.6. The monoisotopic (exact) mass is 489 g/mol. The van der Waals surface area contributed by atoms with E-state index < -0.39 is 15.9 Å². The fraction of sp³-hybridized carbons (Fsp3) is 0.100. The summed E-state index contributed by atoms with van der Waals surface area (Å²) in [5.41, 5.74) is 0.472. The number of ether oxygens (including phenoxy) is 2. The smallest absolute Gasteiger partial charge is 0.321 e. The predicted octanol–water partition coefficient (Wildman–Crippen LogP) is 2.41. The van der Waals surface area contributed by atoms with Crippen LogP contribution in [-0.4, -0.2) is 43.6 Å². The van der Waals surface area contributed by atoms with Crippen LogP contribution in [0.15, 0.2) is 64.1 Å². The molecule has 0 bridgehead atoms. The Kier molecular flexibility index (Phi) is 7.58. The van der Waals surface area contributed by atoms with Gasteiger partial charge in [-0.2, -0.15) is 9.97 Å². The zero-order valence-corrected chi connectivity index (χ0v) is 19.1. The van der Waals surface area contributed by atoms with Gasteiger partial charge in [-0.15, -0.1) is 0 Å². The number of amides is 1. The zero-order chi connectivity index (χ0) is 23.8. The quantitative estimate of drug-likeness (QED) is 0.319. The van der Waals surface area contributed by atoms with E-state index in [1.165, 1.54) is 63.0 Å². The average molecular weight is 490 g/mol. The third kappa shape index (κ3) is 6.75. The van der Waals surface area contributed by atoms with Crippen molar-refractivity contribution in [3.63, 3.8) is 0 Å². The molecule has 1 amide bonds. The maximum Gasteiger partial charge on any atom is 0.321 e. The van der Waals surface area contributed by atoms with E-state index >= 15 is 0 Å². The number of sulfonamides is 1. The van der Waals surface area contributed by atoms with Crippen molar-refractivity contribution in [2.24, 2.45) is 0 Å². The number of methoxy groups -OCH3 is 2. The van der Waals surface area contributed by atoms with Crippen molar-refractivity contribution in [3.05, 3.63) is 60.6 Å². The highest BCUT2D eigenvalue weighted by molar-refractivity contribution is 7.92. The molecule has 172 valence electrons. The van der Waals surface area contributed by atoms with Crippen molar-refractivity contribution in [2.45, 2.75) is 4.90 Å². The Balaban J connectivity index is 1.62. The molecule has 0 radical (unpaired) electrons. The summed E-state index contributed by atoms with van der Waals surface area (Å²) in [6.45, 7) is 0. The van der Waals surface area contributed by atoms with E-state index in [1.54, 1.807) is 12.1 Å². The largest absolute Gasteiger partial charge is 0.481 e. The fourth-order valence-corrected chi connectivity index (χ4v) is 3.64. The summed E-state index contributed by atoms with van der Waals surface area (Å²) in [5, 5.41) is 5.31. The molecule has 33 heavy (non-hydrogen) atoms. The first-order valence-electron chi connectivity index (χ1n) is 9.22. The Labute approximate surface area is 194 Å². The summed E-state index contributed by atoms with van der Waals surface area (Å²) in [7, 11) is -1.22. The fourth-order valence-electron chi connectivity index (χ4n) is 2.43. The third-order valence-corrected chi connectivity index (χ3v) is 5.49. The molecule has 1 aromatic carbocycles. The van der Waals surface area contributed by atoms with Crippen LogP contribution < -0.4 is 24.8 Å². The van der Waals surface area contributed by atoms with Gasteiger partial charge in [0.05, 0.1) is 25.4 Å². The molecule has 0 atom stereocenters. The molecule has 0 unspecified atom stereocenters. The van der Waals surface area contributed by atoms with E-state index in [-0.39, 0.29) is 27.7 Å². The maximum atomic E-state index is 12.7. The molecule has 11 nitrogen and oxygen atoms in total. The Morgan fingerprint density at radius 1 is 1.12 bits per heavy atom. The molecular formula is C20H19N5O6S2. The first kappa shape index (κ1) is 23.7. The molecular weight excluding hydrogens is 470 g/mol. The molecule has 0 fully saturated rings. The summed E-state index contributed by atoms with van der Waals surface area (Å²) >= 11 is 5.10. The molecule has 0 saturated carbocycles. The minimum absolute atomic E-state index is 0.0209. The second-order valence-electron chi connectivity index (χ2n) is 6.20. The highest BCUT2D eigenvalue weighted by atomic mass is 32.2. The van der Waals surface area contributed by atoms with Crippen LogP contribution in [0.1, 0.15) is 5.76 Å². The van der Waals surface area contributed by atoms with E-state index in [0.29, 0.717) is 11.4 Å². The zero-order valence-electron chi connectivity index (χ0n) is 17.4. The first-order chi connectivity index (χ1) is 15.8. The average Bonchev–Trinajstić information content (AvgIpc) is 3.31. The van der Waals surface area contributed by atoms with Crippen LogP contribution in [0.5, 0.6) is 11.9 Å². The molecule has 0 spiro atoms.